The number of carbonyl (C=O) groups is 3. The molecule has 0 unspecified atom stereocenters. The second-order valence-corrected chi connectivity index (χ2v) is 9.00. The van der Waals surface area contributed by atoms with Crippen LogP contribution in [0.1, 0.15) is 27.9 Å². The summed E-state index contributed by atoms with van der Waals surface area (Å²) in [4.78, 5) is 39.9. The highest BCUT2D eigenvalue weighted by atomic mass is 79.9. The number of carbonyl (C=O) groups excluding carboxylic acids is 3. The lowest BCUT2D eigenvalue weighted by Gasteiger charge is -2.17. The van der Waals surface area contributed by atoms with E-state index in [1.165, 1.54) is 0 Å². The number of aryl methyl sites for hydroxylation is 1. The third kappa shape index (κ3) is 5.49. The number of amides is 3. The number of nitrogens with zero attached hydrogens (tertiary/aromatic N) is 1. The van der Waals surface area contributed by atoms with Crippen molar-refractivity contribution in [2.75, 3.05) is 16.8 Å². The van der Waals surface area contributed by atoms with E-state index in [0.717, 1.165) is 21.3 Å². The number of halogens is 1. The van der Waals surface area contributed by atoms with Crippen LogP contribution in [0.15, 0.2) is 77.3 Å². The number of rotatable bonds is 6. The molecule has 7 heteroatoms. The molecule has 3 amide bonds. The van der Waals surface area contributed by atoms with Crippen molar-refractivity contribution < 1.29 is 14.4 Å². The average molecular weight is 506 g/mol. The Bertz CT molecular complexity index is 1180. The molecule has 33 heavy (non-hydrogen) atoms. The molecule has 0 spiro atoms. The highest BCUT2D eigenvalue weighted by Gasteiger charge is 2.35. The van der Waals surface area contributed by atoms with E-state index in [-0.39, 0.29) is 24.1 Å². The van der Waals surface area contributed by atoms with Crippen molar-refractivity contribution in [3.8, 4) is 0 Å². The number of benzene rings is 3. The second kappa shape index (κ2) is 10.0. The van der Waals surface area contributed by atoms with Gasteiger partial charge in [-0.15, -0.1) is 0 Å². The summed E-state index contributed by atoms with van der Waals surface area (Å²) in [6, 6.07) is 22.2. The Morgan fingerprint density at radius 3 is 2.42 bits per heavy atom. The van der Waals surface area contributed by atoms with Crippen molar-refractivity contribution in [1.82, 2.24) is 5.32 Å². The van der Waals surface area contributed by atoms with Gasteiger partial charge < -0.3 is 15.5 Å². The first kappa shape index (κ1) is 22.7. The molecule has 0 aromatic heterocycles. The molecule has 4 rings (SSSR count). The minimum Gasteiger partial charge on any atom is -0.348 e. The summed E-state index contributed by atoms with van der Waals surface area (Å²) in [7, 11) is 0. The largest absolute Gasteiger partial charge is 0.348 e. The van der Waals surface area contributed by atoms with E-state index in [9.17, 15) is 14.4 Å². The van der Waals surface area contributed by atoms with Crippen LogP contribution in [-0.2, 0) is 16.1 Å². The van der Waals surface area contributed by atoms with Crippen LogP contribution in [0.4, 0.5) is 11.4 Å². The van der Waals surface area contributed by atoms with Gasteiger partial charge in [0.25, 0.3) is 5.91 Å². The van der Waals surface area contributed by atoms with Gasteiger partial charge in [-0.3, -0.25) is 14.4 Å². The first-order valence-electron chi connectivity index (χ1n) is 10.7. The van der Waals surface area contributed by atoms with E-state index >= 15 is 0 Å². The molecule has 2 N–H and O–H groups in total. The Hall–Kier alpha value is -3.45. The Kier molecular flexibility index (Phi) is 6.89. The third-order valence-electron chi connectivity index (χ3n) is 5.64. The topological polar surface area (TPSA) is 78.5 Å². The molecule has 1 fully saturated rings. The summed E-state index contributed by atoms with van der Waals surface area (Å²) in [5.74, 6) is -1.14. The number of anilines is 2. The molecular weight excluding hydrogens is 482 g/mol. The number of para-hydroxylation sites is 1. The second-order valence-electron chi connectivity index (χ2n) is 8.08. The van der Waals surface area contributed by atoms with Gasteiger partial charge in [0.2, 0.25) is 11.8 Å². The molecule has 6 nitrogen and oxygen atoms in total. The summed E-state index contributed by atoms with van der Waals surface area (Å²) in [6.07, 6.45) is 0.129. The maximum absolute atomic E-state index is 12.9. The molecule has 0 radical (unpaired) electrons. The fraction of sp³-hybridized carbons (Fsp3) is 0.192. The van der Waals surface area contributed by atoms with Crippen molar-refractivity contribution in [3.63, 3.8) is 0 Å². The third-order valence-corrected chi connectivity index (χ3v) is 6.17. The molecule has 168 valence electrons. The first-order valence-corrected chi connectivity index (χ1v) is 11.5. The molecule has 1 atom stereocenters. The van der Waals surface area contributed by atoms with E-state index in [1.807, 2.05) is 55.5 Å². The lowest BCUT2D eigenvalue weighted by atomic mass is 10.1. The maximum Gasteiger partial charge on any atom is 0.253 e. The van der Waals surface area contributed by atoms with Crippen LogP contribution in [-0.4, -0.2) is 24.3 Å². The molecule has 0 aliphatic carbocycles. The van der Waals surface area contributed by atoms with Crippen molar-refractivity contribution in [2.45, 2.75) is 19.9 Å². The number of nitrogens with one attached hydrogen (secondary N) is 2. The smallest absolute Gasteiger partial charge is 0.253 e. The first-order chi connectivity index (χ1) is 15.9. The molecule has 0 bridgehead atoms. The van der Waals surface area contributed by atoms with Crippen LogP contribution in [0.2, 0.25) is 0 Å². The van der Waals surface area contributed by atoms with Gasteiger partial charge in [0.15, 0.2) is 0 Å². The quantitative estimate of drug-likeness (QED) is 0.510. The van der Waals surface area contributed by atoms with E-state index in [1.54, 1.807) is 29.2 Å². The summed E-state index contributed by atoms with van der Waals surface area (Å²) >= 11 is 3.39. The molecular formula is C26H24BrN3O3. The lowest BCUT2D eigenvalue weighted by Crippen LogP contribution is -2.29. The Morgan fingerprint density at radius 1 is 1.00 bits per heavy atom. The molecule has 3 aromatic rings. The van der Waals surface area contributed by atoms with E-state index in [4.69, 9.17) is 0 Å². The summed E-state index contributed by atoms with van der Waals surface area (Å²) in [5.41, 5.74) is 3.72. The fourth-order valence-corrected chi connectivity index (χ4v) is 4.03. The maximum atomic E-state index is 12.9. The highest BCUT2D eigenvalue weighted by Crippen LogP contribution is 2.27. The van der Waals surface area contributed by atoms with Crippen LogP contribution in [0.3, 0.4) is 0 Å². The van der Waals surface area contributed by atoms with Gasteiger partial charge in [0.1, 0.15) is 0 Å². The average Bonchev–Trinajstić information content (AvgIpc) is 3.21. The molecule has 1 aliphatic rings. The predicted octanol–water partition coefficient (Wildman–Crippen LogP) is 4.68. The molecule has 1 saturated heterocycles. The molecule has 0 saturated carbocycles. The minimum atomic E-state index is -0.496. The fourth-order valence-electron chi connectivity index (χ4n) is 3.76. The van der Waals surface area contributed by atoms with Gasteiger partial charge in [0, 0.05) is 29.7 Å². The van der Waals surface area contributed by atoms with Gasteiger partial charge in [-0.05, 0) is 48.9 Å². The van der Waals surface area contributed by atoms with Gasteiger partial charge >= 0.3 is 0 Å². The summed E-state index contributed by atoms with van der Waals surface area (Å²) in [6.45, 7) is 2.70. The Labute approximate surface area is 201 Å². The van der Waals surface area contributed by atoms with E-state index in [2.05, 4.69) is 26.6 Å². The number of hydrogen-bond acceptors (Lipinski definition) is 3. The van der Waals surface area contributed by atoms with Crippen molar-refractivity contribution in [3.05, 3.63) is 94.0 Å². The van der Waals surface area contributed by atoms with Crippen LogP contribution in [0.25, 0.3) is 0 Å². The molecule has 1 heterocycles. The van der Waals surface area contributed by atoms with Gasteiger partial charge in [0.05, 0.1) is 17.2 Å². The normalized spacial score (nSPS) is 15.4. The van der Waals surface area contributed by atoms with E-state index < -0.39 is 5.92 Å². The highest BCUT2D eigenvalue weighted by molar-refractivity contribution is 9.10. The zero-order chi connectivity index (χ0) is 23.4. The summed E-state index contributed by atoms with van der Waals surface area (Å²) in [5, 5.41) is 5.76. The van der Waals surface area contributed by atoms with Crippen LogP contribution in [0, 0.1) is 12.8 Å². The molecule has 3 aromatic carbocycles. The standard InChI is InChI=1S/C26H24BrN3O3/c1-17-6-8-18(9-7-17)15-28-26(33)22-4-2-3-5-23(22)29-25(32)19-14-24(31)30(16-19)21-12-10-20(27)11-13-21/h2-13,19H,14-16H2,1H3,(H,28,33)(H,29,32)/t19-/m0/s1. The minimum absolute atomic E-state index is 0.0957. The zero-order valence-corrected chi connectivity index (χ0v) is 19.8. The molecule has 1 aliphatic heterocycles. The van der Waals surface area contributed by atoms with Crippen LogP contribution < -0.4 is 15.5 Å². The van der Waals surface area contributed by atoms with E-state index in [0.29, 0.717) is 24.3 Å². The SMILES string of the molecule is Cc1ccc(CNC(=O)c2ccccc2NC(=O)[C@H]2CC(=O)N(c3ccc(Br)cc3)C2)cc1. The van der Waals surface area contributed by atoms with Crippen LogP contribution in [0.5, 0.6) is 0 Å². The van der Waals surface area contributed by atoms with Crippen molar-refractivity contribution in [2.24, 2.45) is 5.92 Å². The Balaban J connectivity index is 1.41. The van der Waals surface area contributed by atoms with Crippen molar-refractivity contribution >= 4 is 45.0 Å². The van der Waals surface area contributed by atoms with Gasteiger partial charge in [-0.2, -0.15) is 0 Å². The van der Waals surface area contributed by atoms with Gasteiger partial charge in [-0.1, -0.05) is 57.9 Å². The predicted molar refractivity (Wildman–Crippen MR) is 132 cm³/mol. The lowest BCUT2D eigenvalue weighted by molar-refractivity contribution is -0.122. The van der Waals surface area contributed by atoms with Gasteiger partial charge in [-0.25, -0.2) is 0 Å². The zero-order valence-electron chi connectivity index (χ0n) is 18.2. The summed E-state index contributed by atoms with van der Waals surface area (Å²) < 4.78 is 0.921. The number of hydrogen-bond donors (Lipinski definition) is 2. The monoisotopic (exact) mass is 505 g/mol. The Morgan fingerprint density at radius 2 is 1.70 bits per heavy atom. The van der Waals surface area contributed by atoms with Crippen molar-refractivity contribution in [1.29, 1.82) is 0 Å². The van der Waals surface area contributed by atoms with Crippen LogP contribution >= 0.6 is 15.9 Å².